The number of carbonyl (C=O) groups excluding carboxylic acids is 1. The number of aromatic nitrogens is 2. The highest BCUT2D eigenvalue weighted by Gasteiger charge is 2.23. The molecule has 1 aromatic heterocycles. The van der Waals surface area contributed by atoms with E-state index in [4.69, 9.17) is 0 Å². The van der Waals surface area contributed by atoms with Crippen LogP contribution in [0.3, 0.4) is 0 Å². The van der Waals surface area contributed by atoms with Crippen LogP contribution in [0.2, 0.25) is 0 Å². The van der Waals surface area contributed by atoms with Gasteiger partial charge in [-0.1, -0.05) is 24.3 Å². The summed E-state index contributed by atoms with van der Waals surface area (Å²) in [5, 5.41) is 10.4. The Morgan fingerprint density at radius 2 is 2.24 bits per heavy atom. The van der Waals surface area contributed by atoms with E-state index in [0.29, 0.717) is 6.54 Å². The summed E-state index contributed by atoms with van der Waals surface area (Å²) in [5.74, 6) is 0.0772. The van der Waals surface area contributed by atoms with E-state index in [1.807, 2.05) is 31.6 Å². The summed E-state index contributed by atoms with van der Waals surface area (Å²) in [4.78, 5) is 12.2. The van der Waals surface area contributed by atoms with Gasteiger partial charge in [0.05, 0.1) is 12.2 Å². The summed E-state index contributed by atoms with van der Waals surface area (Å²) in [7, 11) is 1.89. The maximum atomic E-state index is 12.2. The molecule has 2 aromatic rings. The number of aryl methyl sites for hydroxylation is 1. The maximum Gasteiger partial charge on any atom is 0.237 e. The fourth-order valence-corrected chi connectivity index (χ4v) is 2.69. The zero-order chi connectivity index (χ0) is 14.7. The highest BCUT2D eigenvalue weighted by atomic mass is 16.2. The lowest BCUT2D eigenvalue weighted by molar-refractivity contribution is -0.123. The second-order valence-electron chi connectivity index (χ2n) is 5.47. The minimum atomic E-state index is -0.131. The number of amides is 1. The molecule has 0 bridgehead atoms. The molecule has 2 N–H and O–H groups in total. The van der Waals surface area contributed by atoms with Crippen LogP contribution in [0, 0.1) is 0 Å². The Hall–Kier alpha value is -2.14. The van der Waals surface area contributed by atoms with Crippen molar-refractivity contribution < 1.29 is 4.79 Å². The second-order valence-corrected chi connectivity index (χ2v) is 5.47. The number of fused-ring (bicyclic) bond motifs is 1. The normalized spacial score (nSPS) is 17.3. The summed E-state index contributed by atoms with van der Waals surface area (Å²) in [6.07, 6.45) is 5.38. The molecule has 110 valence electrons. The van der Waals surface area contributed by atoms with Crippen molar-refractivity contribution in [3.63, 3.8) is 0 Å². The van der Waals surface area contributed by atoms with Crippen LogP contribution in [0.25, 0.3) is 0 Å². The molecule has 0 spiro atoms. The number of rotatable bonds is 4. The zero-order valence-electron chi connectivity index (χ0n) is 12.2. The first-order valence-electron chi connectivity index (χ1n) is 7.28. The largest absolute Gasteiger partial charge is 0.354 e. The van der Waals surface area contributed by atoms with Crippen LogP contribution in [-0.2, 0) is 31.2 Å². The Kier molecular flexibility index (Phi) is 4.01. The molecule has 1 aliphatic rings. The Balaban J connectivity index is 1.50. The molecule has 0 fully saturated rings. The van der Waals surface area contributed by atoms with Crippen LogP contribution >= 0.6 is 0 Å². The molecule has 3 rings (SSSR count). The highest BCUT2D eigenvalue weighted by Crippen LogP contribution is 2.16. The van der Waals surface area contributed by atoms with Gasteiger partial charge in [0.25, 0.3) is 0 Å². The third-order valence-corrected chi connectivity index (χ3v) is 3.87. The number of nitrogens with one attached hydrogen (secondary N) is 2. The van der Waals surface area contributed by atoms with Gasteiger partial charge >= 0.3 is 0 Å². The first-order valence-corrected chi connectivity index (χ1v) is 7.28. The quantitative estimate of drug-likeness (QED) is 0.873. The van der Waals surface area contributed by atoms with Gasteiger partial charge in [0, 0.05) is 26.3 Å². The minimum Gasteiger partial charge on any atom is -0.354 e. The van der Waals surface area contributed by atoms with Gasteiger partial charge in [-0.25, -0.2) is 0 Å². The molecule has 0 saturated heterocycles. The van der Waals surface area contributed by atoms with Crippen molar-refractivity contribution in [2.24, 2.45) is 7.05 Å². The van der Waals surface area contributed by atoms with E-state index in [-0.39, 0.29) is 11.9 Å². The molecule has 1 amide bonds. The van der Waals surface area contributed by atoms with Crippen LogP contribution in [-0.4, -0.2) is 28.3 Å². The fraction of sp³-hybridized carbons (Fsp3) is 0.375. The molecule has 1 atom stereocenters. The molecule has 5 heteroatoms. The van der Waals surface area contributed by atoms with Crippen LogP contribution in [0.15, 0.2) is 36.7 Å². The van der Waals surface area contributed by atoms with E-state index < -0.39 is 0 Å². The molecule has 1 aromatic carbocycles. The molecule has 1 unspecified atom stereocenters. The number of hydrogen-bond donors (Lipinski definition) is 2. The minimum absolute atomic E-state index is 0.0772. The van der Waals surface area contributed by atoms with Crippen molar-refractivity contribution in [1.29, 1.82) is 0 Å². The predicted molar refractivity (Wildman–Crippen MR) is 80.7 cm³/mol. The molecule has 1 aliphatic heterocycles. The smallest absolute Gasteiger partial charge is 0.237 e. The van der Waals surface area contributed by atoms with E-state index in [1.54, 1.807) is 4.68 Å². The van der Waals surface area contributed by atoms with E-state index in [2.05, 4.69) is 27.9 Å². The molecule has 5 nitrogen and oxygen atoms in total. The van der Waals surface area contributed by atoms with Gasteiger partial charge in [0.1, 0.15) is 0 Å². The summed E-state index contributed by atoms with van der Waals surface area (Å²) < 4.78 is 1.77. The van der Waals surface area contributed by atoms with Gasteiger partial charge in [-0.3, -0.25) is 9.48 Å². The van der Waals surface area contributed by atoms with Crippen molar-refractivity contribution >= 4 is 5.91 Å². The van der Waals surface area contributed by atoms with Crippen LogP contribution in [0.4, 0.5) is 0 Å². The van der Waals surface area contributed by atoms with Crippen molar-refractivity contribution in [1.82, 2.24) is 20.4 Å². The van der Waals surface area contributed by atoms with Crippen molar-refractivity contribution in [3.05, 3.63) is 53.3 Å². The first-order chi connectivity index (χ1) is 10.2. The molecule has 0 aliphatic carbocycles. The standard InChI is InChI=1S/C16H20N4O/c1-20-11-12(9-19-20)6-7-17-16(21)15-8-13-4-2-3-5-14(13)10-18-15/h2-5,9,11,15,18H,6-8,10H2,1H3,(H,17,21). The fourth-order valence-electron chi connectivity index (χ4n) is 2.69. The van der Waals surface area contributed by atoms with E-state index in [0.717, 1.165) is 24.9 Å². The molecule has 0 radical (unpaired) electrons. The van der Waals surface area contributed by atoms with Crippen LogP contribution in [0.5, 0.6) is 0 Å². The molecular formula is C16H20N4O. The number of carbonyl (C=O) groups is 1. The number of hydrogen-bond acceptors (Lipinski definition) is 3. The first kappa shape index (κ1) is 13.8. The Morgan fingerprint density at radius 1 is 1.43 bits per heavy atom. The van der Waals surface area contributed by atoms with Gasteiger partial charge in [0.2, 0.25) is 5.91 Å². The molecule has 0 saturated carbocycles. The van der Waals surface area contributed by atoms with Crippen molar-refractivity contribution in [2.75, 3.05) is 6.54 Å². The maximum absolute atomic E-state index is 12.2. The lowest BCUT2D eigenvalue weighted by Gasteiger charge is -2.25. The number of nitrogens with zero attached hydrogens (tertiary/aromatic N) is 2. The van der Waals surface area contributed by atoms with E-state index >= 15 is 0 Å². The molecule has 2 heterocycles. The lowest BCUT2D eigenvalue weighted by atomic mass is 9.95. The second kappa shape index (κ2) is 6.10. The third kappa shape index (κ3) is 3.31. The highest BCUT2D eigenvalue weighted by molar-refractivity contribution is 5.82. The summed E-state index contributed by atoms with van der Waals surface area (Å²) in [6.45, 7) is 1.40. The number of benzene rings is 1. The summed E-state index contributed by atoms with van der Waals surface area (Å²) in [6, 6.07) is 8.15. The Bertz CT molecular complexity index is 635. The van der Waals surface area contributed by atoms with Crippen molar-refractivity contribution in [2.45, 2.75) is 25.4 Å². The SMILES string of the molecule is Cn1cc(CCNC(=O)C2Cc3ccccc3CN2)cn1. The van der Waals surface area contributed by atoms with E-state index in [9.17, 15) is 4.79 Å². The van der Waals surface area contributed by atoms with Crippen molar-refractivity contribution in [3.8, 4) is 0 Å². The molecule has 21 heavy (non-hydrogen) atoms. The molecular weight excluding hydrogens is 264 g/mol. The average Bonchev–Trinajstić information content (AvgIpc) is 2.92. The van der Waals surface area contributed by atoms with Gasteiger partial charge in [-0.2, -0.15) is 5.10 Å². The Morgan fingerprint density at radius 3 is 3.00 bits per heavy atom. The van der Waals surface area contributed by atoms with Gasteiger partial charge < -0.3 is 10.6 Å². The lowest BCUT2D eigenvalue weighted by Crippen LogP contribution is -2.48. The Labute approximate surface area is 124 Å². The topological polar surface area (TPSA) is 59.0 Å². The van der Waals surface area contributed by atoms with Crippen LogP contribution < -0.4 is 10.6 Å². The predicted octanol–water partition coefficient (Wildman–Crippen LogP) is 0.793. The van der Waals surface area contributed by atoms with Gasteiger partial charge in [-0.15, -0.1) is 0 Å². The van der Waals surface area contributed by atoms with E-state index in [1.165, 1.54) is 11.1 Å². The zero-order valence-corrected chi connectivity index (χ0v) is 12.2. The van der Waals surface area contributed by atoms with Crippen LogP contribution in [0.1, 0.15) is 16.7 Å². The average molecular weight is 284 g/mol. The monoisotopic (exact) mass is 284 g/mol. The summed E-state index contributed by atoms with van der Waals surface area (Å²) in [5.41, 5.74) is 3.69. The van der Waals surface area contributed by atoms with Gasteiger partial charge in [-0.05, 0) is 29.5 Å². The summed E-state index contributed by atoms with van der Waals surface area (Å²) >= 11 is 0. The van der Waals surface area contributed by atoms with Gasteiger partial charge in [0.15, 0.2) is 0 Å². The third-order valence-electron chi connectivity index (χ3n) is 3.87.